The second-order valence-corrected chi connectivity index (χ2v) is 11.0. The van der Waals surface area contributed by atoms with Crippen LogP contribution in [-0.4, -0.2) is 56.6 Å². The zero-order valence-corrected chi connectivity index (χ0v) is 26.7. The molecule has 0 saturated heterocycles. The van der Waals surface area contributed by atoms with E-state index >= 15 is 0 Å². The van der Waals surface area contributed by atoms with Crippen LogP contribution in [0, 0.1) is 6.92 Å². The lowest BCUT2D eigenvalue weighted by Crippen LogP contribution is -2.31. The lowest BCUT2D eigenvalue weighted by atomic mass is 10.1. The van der Waals surface area contributed by atoms with Crippen LogP contribution in [0.2, 0.25) is 0 Å². The summed E-state index contributed by atoms with van der Waals surface area (Å²) in [4.78, 5) is 20.2. The number of rotatable bonds is 16. The number of unbranched alkanes of at least 4 members (excludes halogenated alkanes) is 1. The summed E-state index contributed by atoms with van der Waals surface area (Å²) in [5, 5.41) is 17.0. The van der Waals surface area contributed by atoms with Crippen LogP contribution in [0.3, 0.4) is 0 Å². The minimum Gasteiger partial charge on any atom is -0.497 e. The maximum atomic E-state index is 13.1. The number of amides is 1. The van der Waals surface area contributed by atoms with Crippen LogP contribution in [0.1, 0.15) is 56.9 Å². The van der Waals surface area contributed by atoms with Gasteiger partial charge in [-0.1, -0.05) is 13.3 Å². The van der Waals surface area contributed by atoms with Gasteiger partial charge < -0.3 is 39.6 Å². The Hall–Kier alpha value is -4.18. The first-order chi connectivity index (χ1) is 20.5. The molecule has 234 valence electrons. The van der Waals surface area contributed by atoms with Gasteiger partial charge in [0, 0.05) is 55.0 Å². The maximum Gasteiger partial charge on any atom is 0.224 e. The molecule has 1 amide bonds. The number of carbonyl (C=O) groups excluding carboxylic acids is 1. The molecule has 3 rings (SSSR count). The fourth-order valence-electron chi connectivity index (χ4n) is 4.58. The van der Waals surface area contributed by atoms with Crippen LogP contribution in [0.4, 0.5) is 17.2 Å². The Balaban J connectivity index is 2.21. The second kappa shape index (κ2) is 15.3. The molecule has 0 aliphatic carbocycles. The van der Waals surface area contributed by atoms with E-state index in [0.717, 1.165) is 29.7 Å². The van der Waals surface area contributed by atoms with Gasteiger partial charge in [0.2, 0.25) is 5.91 Å². The van der Waals surface area contributed by atoms with E-state index in [9.17, 15) is 9.90 Å². The Morgan fingerprint density at radius 3 is 1.93 bits per heavy atom. The van der Waals surface area contributed by atoms with E-state index in [1.807, 2.05) is 49.4 Å². The Morgan fingerprint density at radius 1 is 0.907 bits per heavy atom. The number of benzene rings is 2. The van der Waals surface area contributed by atoms with Crippen LogP contribution >= 0.6 is 0 Å². The first-order valence-electron chi connectivity index (χ1n) is 14.5. The van der Waals surface area contributed by atoms with Gasteiger partial charge in [-0.2, -0.15) is 0 Å². The van der Waals surface area contributed by atoms with Gasteiger partial charge in [0.1, 0.15) is 28.7 Å². The summed E-state index contributed by atoms with van der Waals surface area (Å²) >= 11 is 0. The van der Waals surface area contributed by atoms with E-state index in [-0.39, 0.29) is 12.5 Å². The summed E-state index contributed by atoms with van der Waals surface area (Å²) in [5.74, 6) is 3.14. The number of methoxy groups -OCH3 is 4. The fourth-order valence-corrected chi connectivity index (χ4v) is 4.58. The van der Waals surface area contributed by atoms with Crippen LogP contribution in [0.5, 0.6) is 23.0 Å². The normalized spacial score (nSPS) is 11.1. The minimum absolute atomic E-state index is 0.107. The highest BCUT2D eigenvalue weighted by molar-refractivity contribution is 5.98. The zero-order chi connectivity index (χ0) is 31.6. The largest absolute Gasteiger partial charge is 0.497 e. The van der Waals surface area contributed by atoms with Crippen molar-refractivity contribution in [3.63, 3.8) is 0 Å². The SMILES string of the molecule is CCCCC(=O)Nc1c(NCC(C)(C)O)cc(C)nc1N(Cc1ccc(OC)cc1OC)Cc1ccc(OC)cc1OC. The van der Waals surface area contributed by atoms with Crippen molar-refractivity contribution in [2.75, 3.05) is 50.5 Å². The lowest BCUT2D eigenvalue weighted by Gasteiger charge is -2.30. The van der Waals surface area contributed by atoms with Crippen molar-refractivity contribution in [2.24, 2.45) is 0 Å². The monoisotopic (exact) mass is 594 g/mol. The van der Waals surface area contributed by atoms with E-state index in [1.54, 1.807) is 42.3 Å². The highest BCUT2D eigenvalue weighted by atomic mass is 16.5. The van der Waals surface area contributed by atoms with Crippen molar-refractivity contribution in [1.29, 1.82) is 0 Å². The third-order valence-corrected chi connectivity index (χ3v) is 6.87. The molecule has 0 radical (unpaired) electrons. The average Bonchev–Trinajstić information content (AvgIpc) is 2.99. The first kappa shape index (κ1) is 33.3. The molecule has 0 aliphatic rings. The molecule has 10 nitrogen and oxygen atoms in total. The third kappa shape index (κ3) is 9.41. The molecule has 3 N–H and O–H groups in total. The molecule has 0 fully saturated rings. The molecule has 0 saturated carbocycles. The molecule has 10 heteroatoms. The number of ether oxygens (including phenoxy) is 4. The second-order valence-electron chi connectivity index (χ2n) is 11.0. The predicted octanol–water partition coefficient (Wildman–Crippen LogP) is 5.94. The summed E-state index contributed by atoms with van der Waals surface area (Å²) in [7, 11) is 6.47. The van der Waals surface area contributed by atoms with E-state index in [1.165, 1.54) is 0 Å². The minimum atomic E-state index is -0.979. The number of carbonyl (C=O) groups is 1. The molecule has 0 atom stereocenters. The average molecular weight is 595 g/mol. The zero-order valence-electron chi connectivity index (χ0n) is 26.7. The molecule has 1 aromatic heterocycles. The molecule has 0 bridgehead atoms. The summed E-state index contributed by atoms with van der Waals surface area (Å²) in [6.45, 7) is 8.46. The number of nitrogens with one attached hydrogen (secondary N) is 2. The van der Waals surface area contributed by atoms with E-state index in [0.29, 0.717) is 59.7 Å². The topological polar surface area (TPSA) is 114 Å². The molecular formula is C33H46N4O6. The smallest absolute Gasteiger partial charge is 0.224 e. The highest BCUT2D eigenvalue weighted by Crippen LogP contribution is 2.38. The van der Waals surface area contributed by atoms with Gasteiger partial charge in [0.15, 0.2) is 5.82 Å². The van der Waals surface area contributed by atoms with Crippen molar-refractivity contribution in [1.82, 2.24) is 4.98 Å². The number of hydrogen-bond acceptors (Lipinski definition) is 9. The Labute approximate surface area is 255 Å². The third-order valence-electron chi connectivity index (χ3n) is 6.87. The fraction of sp³-hybridized carbons (Fsp3) is 0.455. The van der Waals surface area contributed by atoms with Crippen molar-refractivity contribution < 1.29 is 28.8 Å². The molecule has 2 aromatic carbocycles. The first-order valence-corrected chi connectivity index (χ1v) is 14.5. The molecule has 43 heavy (non-hydrogen) atoms. The van der Waals surface area contributed by atoms with Crippen molar-refractivity contribution in [3.8, 4) is 23.0 Å². The van der Waals surface area contributed by atoms with Crippen LogP contribution in [-0.2, 0) is 17.9 Å². The van der Waals surface area contributed by atoms with Gasteiger partial charge in [-0.25, -0.2) is 4.98 Å². The summed E-state index contributed by atoms with van der Waals surface area (Å²) < 4.78 is 22.3. The Bertz CT molecular complexity index is 1310. The number of aliphatic hydroxyl groups is 1. The number of aromatic nitrogens is 1. The Kier molecular flexibility index (Phi) is 11.9. The van der Waals surface area contributed by atoms with Gasteiger partial charge in [-0.3, -0.25) is 4.79 Å². The van der Waals surface area contributed by atoms with Crippen molar-refractivity contribution >= 4 is 23.1 Å². The van der Waals surface area contributed by atoms with Crippen LogP contribution in [0.25, 0.3) is 0 Å². The maximum absolute atomic E-state index is 13.1. The van der Waals surface area contributed by atoms with Crippen molar-refractivity contribution in [3.05, 3.63) is 59.3 Å². The molecular weight excluding hydrogens is 548 g/mol. The van der Waals surface area contributed by atoms with E-state index in [2.05, 4.69) is 22.5 Å². The highest BCUT2D eigenvalue weighted by Gasteiger charge is 2.24. The van der Waals surface area contributed by atoms with Crippen LogP contribution < -0.4 is 34.5 Å². The standard InChI is InChI=1S/C33H46N4O6/c1-9-10-11-30(38)36-31-27(34-21-33(3,4)39)16-22(2)35-32(31)37(19-23-12-14-25(40-5)17-28(23)42-7)20-24-13-15-26(41-6)18-29(24)43-8/h12-18,39H,9-11,19-21H2,1-8H3,(H,34,35)(H,36,38). The molecule has 1 heterocycles. The quantitative estimate of drug-likeness (QED) is 0.185. The number of nitrogens with zero attached hydrogens (tertiary/aromatic N) is 2. The number of pyridine rings is 1. The summed E-state index contributed by atoms with van der Waals surface area (Å²) in [6.07, 6.45) is 2.05. The summed E-state index contributed by atoms with van der Waals surface area (Å²) in [5.41, 5.74) is 2.77. The molecule has 0 unspecified atom stereocenters. The lowest BCUT2D eigenvalue weighted by molar-refractivity contribution is -0.116. The van der Waals surface area contributed by atoms with Gasteiger partial charge in [-0.15, -0.1) is 0 Å². The number of aryl methyl sites for hydroxylation is 1. The molecule has 0 spiro atoms. The van der Waals surface area contributed by atoms with Crippen molar-refractivity contribution in [2.45, 2.75) is 65.6 Å². The Morgan fingerprint density at radius 2 is 1.47 bits per heavy atom. The summed E-state index contributed by atoms with van der Waals surface area (Å²) in [6, 6.07) is 13.3. The predicted molar refractivity (Wildman–Crippen MR) is 171 cm³/mol. The van der Waals surface area contributed by atoms with E-state index in [4.69, 9.17) is 23.9 Å². The van der Waals surface area contributed by atoms with Gasteiger partial charge in [0.05, 0.1) is 39.7 Å². The number of anilines is 3. The van der Waals surface area contributed by atoms with E-state index < -0.39 is 5.60 Å². The molecule has 0 aliphatic heterocycles. The van der Waals surface area contributed by atoms with Gasteiger partial charge in [-0.05, 0) is 57.5 Å². The van der Waals surface area contributed by atoms with Gasteiger partial charge in [0.25, 0.3) is 0 Å². The molecule has 3 aromatic rings. The van der Waals surface area contributed by atoms with Crippen LogP contribution in [0.15, 0.2) is 42.5 Å². The number of hydrogen-bond donors (Lipinski definition) is 3. The van der Waals surface area contributed by atoms with Gasteiger partial charge >= 0.3 is 0 Å².